The van der Waals surface area contributed by atoms with Crippen molar-refractivity contribution in [3.63, 3.8) is 0 Å². The van der Waals surface area contributed by atoms with E-state index >= 15 is 0 Å². The number of aliphatic hydroxyl groups is 2. The van der Waals surface area contributed by atoms with E-state index in [1.807, 2.05) is 19.2 Å². The number of hydrogen-bond acceptors (Lipinski definition) is 7. The van der Waals surface area contributed by atoms with Gasteiger partial charge in [0.1, 0.15) is 6.04 Å². The van der Waals surface area contributed by atoms with Gasteiger partial charge in [0.2, 0.25) is 17.7 Å². The summed E-state index contributed by atoms with van der Waals surface area (Å²) in [6.07, 6.45) is -2.31. The fraction of sp³-hybridized carbons (Fsp3) is 0.750. The number of rotatable bonds is 11. The zero-order valence-electron chi connectivity index (χ0n) is 15.9. The summed E-state index contributed by atoms with van der Waals surface area (Å²) in [6.45, 7) is 5.71. The molecule has 0 aliphatic rings. The van der Waals surface area contributed by atoms with Gasteiger partial charge in [0.15, 0.2) is 6.04 Å². The highest BCUT2D eigenvalue weighted by atomic mass is 16.4. The predicted octanol–water partition coefficient (Wildman–Crippen LogP) is -2.71. The van der Waals surface area contributed by atoms with Crippen LogP contribution in [0.3, 0.4) is 0 Å². The normalized spacial score (nSPS) is 16.6. The van der Waals surface area contributed by atoms with Gasteiger partial charge >= 0.3 is 5.97 Å². The number of amides is 3. The summed E-state index contributed by atoms with van der Waals surface area (Å²) in [5, 5.41) is 34.6. The molecular formula is C16H30N4O7. The van der Waals surface area contributed by atoms with Crippen LogP contribution in [0.25, 0.3) is 0 Å². The lowest BCUT2D eigenvalue weighted by Crippen LogP contribution is -2.59. The summed E-state index contributed by atoms with van der Waals surface area (Å²) in [7, 11) is 0. The number of carbonyl (C=O) groups is 4. The zero-order chi connectivity index (χ0) is 21.3. The number of hydrogen-bond donors (Lipinski definition) is 7. The number of aliphatic carboxylic acids is 1. The van der Waals surface area contributed by atoms with Crippen molar-refractivity contribution >= 4 is 23.7 Å². The first-order valence-electron chi connectivity index (χ1n) is 8.58. The number of carbonyl (C=O) groups excluding carboxylic acids is 3. The van der Waals surface area contributed by atoms with Crippen molar-refractivity contribution in [2.75, 3.05) is 6.54 Å². The van der Waals surface area contributed by atoms with Gasteiger partial charge in [-0.15, -0.1) is 0 Å². The third-order valence-electron chi connectivity index (χ3n) is 3.61. The fourth-order valence-corrected chi connectivity index (χ4v) is 2.17. The number of carboxylic acid groups (broad SMARTS) is 1. The van der Waals surface area contributed by atoms with Crippen LogP contribution < -0.4 is 21.7 Å². The van der Waals surface area contributed by atoms with Crippen molar-refractivity contribution in [2.45, 2.75) is 64.4 Å². The summed E-state index contributed by atoms with van der Waals surface area (Å²) < 4.78 is 0. The van der Waals surface area contributed by atoms with Crippen molar-refractivity contribution in [1.29, 1.82) is 0 Å². The monoisotopic (exact) mass is 390 g/mol. The maximum atomic E-state index is 12.1. The summed E-state index contributed by atoms with van der Waals surface area (Å²) in [5.74, 6) is -3.57. The second kappa shape index (κ2) is 11.5. The Morgan fingerprint density at radius 1 is 0.889 bits per heavy atom. The molecule has 8 N–H and O–H groups in total. The fourth-order valence-electron chi connectivity index (χ4n) is 2.17. The zero-order valence-corrected chi connectivity index (χ0v) is 15.9. The average molecular weight is 390 g/mol. The quantitative estimate of drug-likeness (QED) is 0.198. The van der Waals surface area contributed by atoms with Gasteiger partial charge in [0.05, 0.1) is 24.8 Å². The minimum Gasteiger partial charge on any atom is -0.480 e. The van der Waals surface area contributed by atoms with Crippen LogP contribution in [0.15, 0.2) is 0 Å². The Morgan fingerprint density at radius 3 is 1.81 bits per heavy atom. The smallest absolute Gasteiger partial charge is 0.328 e. The number of aliphatic hydroxyl groups excluding tert-OH is 2. The van der Waals surface area contributed by atoms with E-state index in [1.165, 1.54) is 13.8 Å². The summed E-state index contributed by atoms with van der Waals surface area (Å²) in [4.78, 5) is 46.9. The molecule has 0 fully saturated rings. The van der Waals surface area contributed by atoms with E-state index in [-0.39, 0.29) is 5.92 Å². The third-order valence-corrected chi connectivity index (χ3v) is 3.61. The van der Waals surface area contributed by atoms with Crippen LogP contribution in [0.1, 0.15) is 34.1 Å². The molecule has 0 heterocycles. The molecule has 27 heavy (non-hydrogen) atoms. The van der Waals surface area contributed by atoms with E-state index in [2.05, 4.69) is 10.6 Å². The van der Waals surface area contributed by atoms with E-state index < -0.39 is 60.6 Å². The molecular weight excluding hydrogens is 360 g/mol. The Labute approximate surface area is 157 Å². The van der Waals surface area contributed by atoms with Crippen LogP contribution in [0.2, 0.25) is 0 Å². The minimum absolute atomic E-state index is 0.194. The number of nitrogens with two attached hydrogens (primary N) is 1. The van der Waals surface area contributed by atoms with E-state index in [0.29, 0.717) is 6.42 Å². The van der Waals surface area contributed by atoms with Crippen LogP contribution in [-0.2, 0) is 19.2 Å². The first-order chi connectivity index (χ1) is 12.4. The Morgan fingerprint density at radius 2 is 1.41 bits per heavy atom. The lowest BCUT2D eigenvalue weighted by Gasteiger charge is -2.24. The largest absolute Gasteiger partial charge is 0.480 e. The molecule has 11 nitrogen and oxygen atoms in total. The van der Waals surface area contributed by atoms with E-state index in [9.17, 15) is 29.4 Å². The van der Waals surface area contributed by atoms with E-state index in [4.69, 9.17) is 10.8 Å². The van der Waals surface area contributed by atoms with Crippen molar-refractivity contribution in [1.82, 2.24) is 16.0 Å². The Kier molecular flexibility index (Phi) is 10.5. The van der Waals surface area contributed by atoms with Gasteiger partial charge in [-0.3, -0.25) is 14.4 Å². The molecule has 0 aliphatic carbocycles. The second-order valence-corrected chi connectivity index (χ2v) is 6.80. The number of nitrogens with one attached hydrogen (secondary N) is 3. The predicted molar refractivity (Wildman–Crippen MR) is 95.3 cm³/mol. The van der Waals surface area contributed by atoms with Gasteiger partial charge in [0, 0.05) is 0 Å². The molecule has 0 radical (unpaired) electrons. The molecule has 5 atom stereocenters. The third kappa shape index (κ3) is 9.31. The van der Waals surface area contributed by atoms with Gasteiger partial charge in [-0.2, -0.15) is 0 Å². The highest BCUT2D eigenvalue weighted by Crippen LogP contribution is 2.02. The topological polar surface area (TPSA) is 191 Å². The van der Waals surface area contributed by atoms with Crippen molar-refractivity contribution in [2.24, 2.45) is 11.7 Å². The van der Waals surface area contributed by atoms with E-state index in [1.54, 1.807) is 0 Å². The molecule has 0 aromatic rings. The maximum absolute atomic E-state index is 12.1. The molecule has 156 valence electrons. The molecule has 0 aromatic heterocycles. The number of carboxylic acids is 1. The molecule has 0 saturated heterocycles. The molecule has 0 spiro atoms. The second-order valence-electron chi connectivity index (χ2n) is 6.80. The van der Waals surface area contributed by atoms with Gasteiger partial charge in [-0.1, -0.05) is 13.8 Å². The maximum Gasteiger partial charge on any atom is 0.328 e. The summed E-state index contributed by atoms with van der Waals surface area (Å²) in [6, 6.07) is -3.86. The highest BCUT2D eigenvalue weighted by molar-refractivity contribution is 5.92. The molecule has 5 unspecified atom stereocenters. The summed E-state index contributed by atoms with van der Waals surface area (Å²) >= 11 is 0. The van der Waals surface area contributed by atoms with Crippen LogP contribution in [0.4, 0.5) is 0 Å². The van der Waals surface area contributed by atoms with Gasteiger partial charge in [0.25, 0.3) is 0 Å². The van der Waals surface area contributed by atoms with E-state index in [0.717, 1.165) is 0 Å². The van der Waals surface area contributed by atoms with Crippen molar-refractivity contribution < 1.29 is 34.5 Å². The minimum atomic E-state index is -1.61. The lowest BCUT2D eigenvalue weighted by atomic mass is 10.0. The van der Waals surface area contributed by atoms with Crippen LogP contribution in [0, 0.1) is 5.92 Å². The summed E-state index contributed by atoms with van der Waals surface area (Å²) in [5.41, 5.74) is 5.69. The first kappa shape index (κ1) is 24.8. The highest BCUT2D eigenvalue weighted by Gasteiger charge is 2.31. The molecule has 0 rings (SSSR count). The molecule has 0 saturated carbocycles. The van der Waals surface area contributed by atoms with Crippen LogP contribution >= 0.6 is 0 Å². The van der Waals surface area contributed by atoms with Gasteiger partial charge in [-0.25, -0.2) is 4.79 Å². The lowest BCUT2D eigenvalue weighted by molar-refractivity contribution is -0.145. The standard InChI is InChI=1S/C16H30N4O7/c1-7(2)5-10(17)14(24)18-6-11(23)19-12(8(3)21)15(25)20-13(9(4)22)16(26)27/h7-10,12-13,21-22H,5-6,17H2,1-4H3,(H,18,24)(H,19,23)(H,20,25)(H,26,27). The van der Waals surface area contributed by atoms with Crippen LogP contribution in [-0.4, -0.2) is 75.9 Å². The Bertz CT molecular complexity index is 537. The molecule has 3 amide bonds. The van der Waals surface area contributed by atoms with Gasteiger partial charge in [-0.05, 0) is 26.2 Å². The Hall–Kier alpha value is -2.24. The van der Waals surface area contributed by atoms with Gasteiger partial charge < -0.3 is 37.0 Å². The van der Waals surface area contributed by atoms with Crippen LogP contribution in [0.5, 0.6) is 0 Å². The average Bonchev–Trinajstić information content (AvgIpc) is 2.53. The molecule has 11 heteroatoms. The van der Waals surface area contributed by atoms with Crippen molar-refractivity contribution in [3.05, 3.63) is 0 Å². The first-order valence-corrected chi connectivity index (χ1v) is 8.58. The molecule has 0 aliphatic heterocycles. The molecule has 0 bridgehead atoms. The molecule has 0 aromatic carbocycles. The van der Waals surface area contributed by atoms with Crippen molar-refractivity contribution in [3.8, 4) is 0 Å². The Balaban J connectivity index is 4.77. The SMILES string of the molecule is CC(C)CC(N)C(=O)NCC(=O)NC(C(=O)NC(C(=O)O)C(C)O)C(C)O.